The number of rotatable bonds is 6. The molecule has 1 amide bonds. The van der Waals surface area contributed by atoms with Crippen LogP contribution in [0, 0.1) is 6.92 Å². The molecule has 138 valence electrons. The van der Waals surface area contributed by atoms with E-state index in [0.717, 1.165) is 40.6 Å². The first-order valence-corrected chi connectivity index (χ1v) is 10.0. The molecule has 4 rings (SSSR count). The fourth-order valence-corrected chi connectivity index (χ4v) is 3.85. The average Bonchev–Trinajstić information content (AvgIpc) is 3.42. The number of carbonyl (C=O) groups is 1. The minimum Gasteiger partial charge on any atom is -0.325 e. The van der Waals surface area contributed by atoms with Crippen molar-refractivity contribution < 1.29 is 4.79 Å². The van der Waals surface area contributed by atoms with E-state index in [-0.39, 0.29) is 11.7 Å². The van der Waals surface area contributed by atoms with Crippen LogP contribution in [0.4, 0.5) is 5.69 Å². The van der Waals surface area contributed by atoms with E-state index in [0.29, 0.717) is 11.1 Å². The van der Waals surface area contributed by atoms with Gasteiger partial charge in [0.1, 0.15) is 0 Å². The Morgan fingerprint density at radius 3 is 2.74 bits per heavy atom. The quantitative estimate of drug-likeness (QED) is 0.623. The zero-order valence-corrected chi connectivity index (χ0v) is 16.3. The predicted octanol–water partition coefficient (Wildman–Crippen LogP) is 4.37. The van der Waals surface area contributed by atoms with Crippen LogP contribution in [0.15, 0.2) is 47.9 Å². The first kappa shape index (κ1) is 18.0. The molecule has 1 fully saturated rings. The highest BCUT2D eigenvalue weighted by Crippen LogP contribution is 2.41. The van der Waals surface area contributed by atoms with Crippen molar-refractivity contribution in [1.29, 1.82) is 0 Å². The minimum absolute atomic E-state index is 0.0822. The van der Waals surface area contributed by atoms with Crippen molar-refractivity contribution in [3.63, 3.8) is 0 Å². The van der Waals surface area contributed by atoms with Crippen molar-refractivity contribution in [3.05, 3.63) is 53.3 Å². The standard InChI is InChI=1S/C19H18ClN5OS/c1-12-10-14(20)2-5-16(12)22-17(26)11-27-19-24-23-18(25(19)15-3-4-15)13-6-8-21-9-7-13/h2,5-10,15H,3-4,11H2,1H3,(H,22,26). The van der Waals surface area contributed by atoms with Crippen molar-refractivity contribution in [2.45, 2.75) is 31.0 Å². The van der Waals surface area contributed by atoms with Crippen LogP contribution >= 0.6 is 23.4 Å². The number of thioether (sulfide) groups is 1. The Kier molecular flexibility index (Phi) is 5.13. The zero-order chi connectivity index (χ0) is 18.8. The molecule has 6 nitrogen and oxygen atoms in total. The molecule has 8 heteroatoms. The molecule has 0 radical (unpaired) electrons. The monoisotopic (exact) mass is 399 g/mol. The fraction of sp³-hybridized carbons (Fsp3) is 0.263. The lowest BCUT2D eigenvalue weighted by atomic mass is 10.2. The first-order valence-electron chi connectivity index (χ1n) is 8.66. The first-order chi connectivity index (χ1) is 13.1. The second-order valence-corrected chi connectivity index (χ2v) is 7.82. The number of nitrogens with one attached hydrogen (secondary N) is 1. The van der Waals surface area contributed by atoms with Crippen molar-refractivity contribution in [2.75, 3.05) is 11.1 Å². The van der Waals surface area contributed by atoms with Crippen LogP contribution < -0.4 is 5.32 Å². The number of pyridine rings is 1. The van der Waals surface area contributed by atoms with Gasteiger partial charge in [0.2, 0.25) is 5.91 Å². The van der Waals surface area contributed by atoms with Gasteiger partial charge in [0.05, 0.1) is 5.75 Å². The number of carbonyl (C=O) groups excluding carboxylic acids is 1. The molecule has 1 saturated carbocycles. The van der Waals surface area contributed by atoms with E-state index in [9.17, 15) is 4.79 Å². The molecule has 1 N–H and O–H groups in total. The lowest BCUT2D eigenvalue weighted by molar-refractivity contribution is -0.113. The summed E-state index contributed by atoms with van der Waals surface area (Å²) in [5.41, 5.74) is 2.69. The van der Waals surface area contributed by atoms with Gasteiger partial charge in [-0.15, -0.1) is 10.2 Å². The predicted molar refractivity (Wildman–Crippen MR) is 107 cm³/mol. The molecule has 1 aliphatic rings. The van der Waals surface area contributed by atoms with Gasteiger partial charge in [-0.25, -0.2) is 0 Å². The maximum absolute atomic E-state index is 12.4. The van der Waals surface area contributed by atoms with Gasteiger partial charge in [-0.1, -0.05) is 23.4 Å². The second kappa shape index (κ2) is 7.70. The fourth-order valence-electron chi connectivity index (χ4n) is 2.82. The number of hydrogen-bond acceptors (Lipinski definition) is 5. The number of benzene rings is 1. The Labute approximate surface area is 166 Å². The van der Waals surface area contributed by atoms with Crippen LogP contribution in [-0.4, -0.2) is 31.4 Å². The normalized spacial score (nSPS) is 13.6. The van der Waals surface area contributed by atoms with Gasteiger partial charge in [-0.05, 0) is 55.7 Å². The molecular weight excluding hydrogens is 382 g/mol. The summed E-state index contributed by atoms with van der Waals surface area (Å²) in [6.45, 7) is 1.92. The van der Waals surface area contributed by atoms with E-state index in [1.807, 2.05) is 31.2 Å². The summed E-state index contributed by atoms with van der Waals surface area (Å²) < 4.78 is 2.14. The topological polar surface area (TPSA) is 72.7 Å². The third-order valence-electron chi connectivity index (χ3n) is 4.31. The van der Waals surface area contributed by atoms with Crippen LogP contribution in [0.25, 0.3) is 11.4 Å². The lowest BCUT2D eigenvalue weighted by Crippen LogP contribution is -2.15. The van der Waals surface area contributed by atoms with Gasteiger partial charge in [0, 0.05) is 34.7 Å². The highest BCUT2D eigenvalue weighted by Gasteiger charge is 2.30. The maximum atomic E-state index is 12.4. The summed E-state index contributed by atoms with van der Waals surface area (Å²) in [4.78, 5) is 16.4. The highest BCUT2D eigenvalue weighted by atomic mass is 35.5. The Morgan fingerprint density at radius 2 is 2.04 bits per heavy atom. The van der Waals surface area contributed by atoms with Gasteiger partial charge in [0.25, 0.3) is 0 Å². The van der Waals surface area contributed by atoms with Gasteiger partial charge in [0.15, 0.2) is 11.0 Å². The zero-order valence-electron chi connectivity index (χ0n) is 14.7. The SMILES string of the molecule is Cc1cc(Cl)ccc1NC(=O)CSc1nnc(-c2ccncc2)n1C1CC1. The number of nitrogens with zero attached hydrogens (tertiary/aromatic N) is 4. The molecule has 0 atom stereocenters. The summed E-state index contributed by atoms with van der Waals surface area (Å²) in [6.07, 6.45) is 5.71. The van der Waals surface area contributed by atoms with Crippen LogP contribution in [0.5, 0.6) is 0 Å². The highest BCUT2D eigenvalue weighted by molar-refractivity contribution is 7.99. The average molecular weight is 400 g/mol. The number of hydrogen-bond donors (Lipinski definition) is 1. The molecule has 27 heavy (non-hydrogen) atoms. The minimum atomic E-state index is -0.0822. The largest absolute Gasteiger partial charge is 0.325 e. The van der Waals surface area contributed by atoms with Gasteiger partial charge in [-0.3, -0.25) is 14.3 Å². The molecule has 1 aromatic carbocycles. The van der Waals surface area contributed by atoms with Crippen molar-refractivity contribution in [1.82, 2.24) is 19.7 Å². The molecule has 0 aliphatic heterocycles. The van der Waals surface area contributed by atoms with E-state index in [1.165, 1.54) is 11.8 Å². The smallest absolute Gasteiger partial charge is 0.234 e. The summed E-state index contributed by atoms with van der Waals surface area (Å²) in [7, 11) is 0. The Hall–Kier alpha value is -2.38. The van der Waals surface area contributed by atoms with Crippen LogP contribution in [0.1, 0.15) is 24.4 Å². The molecule has 0 bridgehead atoms. The summed E-state index contributed by atoms with van der Waals surface area (Å²) >= 11 is 7.36. The number of aryl methyl sites for hydroxylation is 1. The second-order valence-electron chi connectivity index (χ2n) is 6.44. The van der Waals surface area contributed by atoms with Crippen LogP contribution in [0.3, 0.4) is 0 Å². The number of amides is 1. The molecule has 0 spiro atoms. The lowest BCUT2D eigenvalue weighted by Gasteiger charge is -2.10. The van der Waals surface area contributed by atoms with Gasteiger partial charge in [-0.2, -0.15) is 0 Å². The Bertz CT molecular complexity index is 971. The number of anilines is 1. The van der Waals surface area contributed by atoms with Gasteiger partial charge < -0.3 is 5.32 Å². The molecule has 0 saturated heterocycles. The third kappa shape index (κ3) is 4.14. The Balaban J connectivity index is 1.47. The van der Waals surface area contributed by atoms with Crippen molar-refractivity contribution in [2.24, 2.45) is 0 Å². The van der Waals surface area contributed by atoms with Crippen LogP contribution in [0.2, 0.25) is 5.02 Å². The van der Waals surface area contributed by atoms with E-state index in [2.05, 4.69) is 25.1 Å². The molecule has 0 unspecified atom stereocenters. The summed E-state index contributed by atoms with van der Waals surface area (Å²) in [5, 5.41) is 13.0. The maximum Gasteiger partial charge on any atom is 0.234 e. The van der Waals surface area contributed by atoms with E-state index in [4.69, 9.17) is 11.6 Å². The van der Waals surface area contributed by atoms with Crippen LogP contribution in [-0.2, 0) is 4.79 Å². The molecule has 1 aliphatic carbocycles. The van der Waals surface area contributed by atoms with Gasteiger partial charge >= 0.3 is 0 Å². The molecule has 2 aromatic heterocycles. The van der Waals surface area contributed by atoms with Crippen molar-refractivity contribution in [3.8, 4) is 11.4 Å². The third-order valence-corrected chi connectivity index (χ3v) is 5.49. The van der Waals surface area contributed by atoms with Crippen molar-refractivity contribution >= 4 is 35.0 Å². The number of aromatic nitrogens is 4. The Morgan fingerprint density at radius 1 is 1.26 bits per heavy atom. The summed E-state index contributed by atoms with van der Waals surface area (Å²) in [6, 6.07) is 9.67. The van der Waals surface area contributed by atoms with E-state index < -0.39 is 0 Å². The molecule has 3 aromatic rings. The number of halogens is 1. The molecule has 2 heterocycles. The molecular formula is C19H18ClN5OS. The summed E-state index contributed by atoms with van der Waals surface area (Å²) in [5.74, 6) is 1.01. The van der Waals surface area contributed by atoms with E-state index in [1.54, 1.807) is 18.5 Å². The van der Waals surface area contributed by atoms with E-state index >= 15 is 0 Å².